The maximum atomic E-state index is 14.4. The minimum Gasteiger partial charge on any atom is -0.381 e. The summed E-state index contributed by atoms with van der Waals surface area (Å²) < 4.78 is 14.4. The van der Waals surface area contributed by atoms with Crippen LogP contribution >= 0.6 is 0 Å². The number of likely N-dealkylation sites (N-methyl/N-ethyl adjacent to an activating group) is 1. The van der Waals surface area contributed by atoms with Gasteiger partial charge in [0.2, 0.25) is 0 Å². The predicted octanol–water partition coefficient (Wildman–Crippen LogP) is 5.23. The number of amides is 2. The first-order chi connectivity index (χ1) is 20.9. The first-order valence-electron chi connectivity index (χ1n) is 14.8. The molecule has 8 heteroatoms. The van der Waals surface area contributed by atoms with Gasteiger partial charge in [-0.25, -0.2) is 4.39 Å². The van der Waals surface area contributed by atoms with Crippen LogP contribution in [0.25, 0.3) is 11.1 Å². The van der Waals surface area contributed by atoms with Crippen LogP contribution in [0, 0.1) is 5.82 Å². The van der Waals surface area contributed by atoms with Crippen LogP contribution in [0.15, 0.2) is 91.0 Å². The van der Waals surface area contributed by atoms with E-state index in [0.717, 1.165) is 48.4 Å². The van der Waals surface area contributed by atoms with Crippen molar-refractivity contribution in [2.24, 2.45) is 0 Å². The highest BCUT2D eigenvalue weighted by Gasteiger charge is 2.40. The summed E-state index contributed by atoms with van der Waals surface area (Å²) in [5, 5.41) is 3.32. The molecule has 43 heavy (non-hydrogen) atoms. The summed E-state index contributed by atoms with van der Waals surface area (Å²) in [4.78, 5) is 36.0. The Labute approximate surface area is 251 Å². The highest BCUT2D eigenvalue weighted by molar-refractivity contribution is 6.07. The molecule has 1 saturated heterocycles. The van der Waals surface area contributed by atoms with Gasteiger partial charge in [-0.2, -0.15) is 0 Å². The second-order valence-electron chi connectivity index (χ2n) is 11.6. The summed E-state index contributed by atoms with van der Waals surface area (Å²) in [5.74, 6) is -0.817. The number of hydrogen-bond donors (Lipinski definition) is 1. The summed E-state index contributed by atoms with van der Waals surface area (Å²) in [6.07, 6.45) is 0. The number of piperazine rings is 1. The molecular weight excluding hydrogens is 541 g/mol. The minimum absolute atomic E-state index is 0.164. The van der Waals surface area contributed by atoms with Crippen LogP contribution in [0.1, 0.15) is 21.5 Å². The third-order valence-electron chi connectivity index (χ3n) is 8.86. The monoisotopic (exact) mass is 575 g/mol. The molecule has 4 aromatic rings. The Kier molecular flexibility index (Phi) is 7.07. The normalized spacial score (nSPS) is 18.7. The Hall–Kier alpha value is -4.69. The van der Waals surface area contributed by atoms with Crippen LogP contribution in [0.3, 0.4) is 0 Å². The third kappa shape index (κ3) is 5.23. The van der Waals surface area contributed by atoms with E-state index in [4.69, 9.17) is 0 Å². The zero-order valence-electron chi connectivity index (χ0n) is 24.2. The number of nitrogens with one attached hydrogen (secondary N) is 1. The second-order valence-corrected chi connectivity index (χ2v) is 11.6. The van der Waals surface area contributed by atoms with Crippen LogP contribution in [0.5, 0.6) is 0 Å². The Bertz CT molecular complexity index is 1670. The van der Waals surface area contributed by atoms with Crippen molar-refractivity contribution in [2.75, 3.05) is 54.9 Å². The zero-order valence-corrected chi connectivity index (χ0v) is 24.2. The van der Waals surface area contributed by atoms with Crippen molar-refractivity contribution in [1.29, 1.82) is 0 Å². The van der Waals surface area contributed by atoms with E-state index in [1.807, 2.05) is 48.5 Å². The lowest BCUT2D eigenvalue weighted by molar-refractivity contribution is -0.122. The van der Waals surface area contributed by atoms with E-state index in [1.54, 1.807) is 15.9 Å². The summed E-state index contributed by atoms with van der Waals surface area (Å²) in [5.41, 5.74) is 6.81. The number of benzene rings is 4. The molecule has 218 valence electrons. The molecule has 7 rings (SSSR count). The second kappa shape index (κ2) is 11.2. The molecule has 3 aliphatic heterocycles. The molecule has 2 amide bonds. The number of halogens is 1. The highest BCUT2D eigenvalue weighted by Crippen LogP contribution is 2.35. The van der Waals surface area contributed by atoms with E-state index < -0.39 is 11.9 Å². The molecule has 0 aliphatic carbocycles. The lowest BCUT2D eigenvalue weighted by Gasteiger charge is -2.34. The fourth-order valence-corrected chi connectivity index (χ4v) is 6.33. The summed E-state index contributed by atoms with van der Waals surface area (Å²) in [6, 6.07) is 27.8. The fourth-order valence-electron chi connectivity index (χ4n) is 6.33. The molecule has 1 N–H and O–H groups in total. The van der Waals surface area contributed by atoms with Crippen LogP contribution < -0.4 is 15.1 Å². The quantitative estimate of drug-likeness (QED) is 0.353. The van der Waals surface area contributed by atoms with E-state index in [0.29, 0.717) is 23.5 Å². The maximum Gasteiger partial charge on any atom is 0.255 e. The van der Waals surface area contributed by atoms with Crippen LogP contribution in [0.2, 0.25) is 0 Å². The molecule has 0 saturated carbocycles. The SMILES string of the molecule is CN1CCN(c2ccc(-c3ccc4c(c3)C(=O)N([C@H]3CNc5ccc(F)cc5N(Cc5ccccc5)C3=O)C4)cc2)CC1. The number of fused-ring (bicyclic) bond motifs is 2. The molecule has 0 aromatic heterocycles. The van der Waals surface area contributed by atoms with Crippen LogP contribution in [-0.4, -0.2) is 67.4 Å². The number of carbonyl (C=O) groups is 2. The standard InChI is InChI=1S/C35H34FN5O2/c1-38-15-17-39(18-16-38)29-12-9-25(10-13-29)26-7-8-27-23-41(34(42)30(27)19-26)33-21-37-31-14-11-28(36)20-32(31)40(35(33)43)22-24-5-3-2-4-6-24/h2-14,19-20,33,37H,15-18,21-23H2,1H3/t33-/m0/s1. The van der Waals surface area contributed by atoms with Gasteiger partial charge in [-0.15, -0.1) is 0 Å². The molecular formula is C35H34FN5O2. The van der Waals surface area contributed by atoms with Crippen molar-refractivity contribution < 1.29 is 14.0 Å². The van der Waals surface area contributed by atoms with Gasteiger partial charge >= 0.3 is 0 Å². The summed E-state index contributed by atoms with van der Waals surface area (Å²) >= 11 is 0. The molecule has 0 unspecified atom stereocenters. The average molecular weight is 576 g/mol. The summed E-state index contributed by atoms with van der Waals surface area (Å²) in [6.45, 7) is 4.99. The number of hydrogen-bond acceptors (Lipinski definition) is 5. The highest BCUT2D eigenvalue weighted by atomic mass is 19.1. The van der Waals surface area contributed by atoms with Crippen molar-refractivity contribution in [3.05, 3.63) is 114 Å². The van der Waals surface area contributed by atoms with Crippen molar-refractivity contribution in [1.82, 2.24) is 9.80 Å². The maximum absolute atomic E-state index is 14.4. The van der Waals surface area contributed by atoms with Gasteiger partial charge in [0.05, 0.1) is 17.9 Å². The van der Waals surface area contributed by atoms with Crippen molar-refractivity contribution in [3.8, 4) is 11.1 Å². The lowest BCUT2D eigenvalue weighted by atomic mass is 10.00. The van der Waals surface area contributed by atoms with Gasteiger partial charge in [-0.3, -0.25) is 9.59 Å². The molecule has 4 aromatic carbocycles. The molecule has 0 spiro atoms. The zero-order chi connectivity index (χ0) is 29.5. The van der Waals surface area contributed by atoms with E-state index in [9.17, 15) is 14.0 Å². The lowest BCUT2D eigenvalue weighted by Crippen LogP contribution is -2.50. The minimum atomic E-state index is -0.745. The predicted molar refractivity (Wildman–Crippen MR) is 168 cm³/mol. The van der Waals surface area contributed by atoms with Gasteiger partial charge in [-0.05, 0) is 65.7 Å². The van der Waals surface area contributed by atoms with Gasteiger partial charge in [0.1, 0.15) is 11.9 Å². The summed E-state index contributed by atoms with van der Waals surface area (Å²) in [7, 11) is 2.15. The van der Waals surface area contributed by atoms with Gasteiger partial charge in [0, 0.05) is 50.5 Å². The first-order valence-corrected chi connectivity index (χ1v) is 14.8. The molecule has 1 atom stereocenters. The Morgan fingerprint density at radius 1 is 0.837 bits per heavy atom. The van der Waals surface area contributed by atoms with Crippen LogP contribution in [0.4, 0.5) is 21.5 Å². The number of rotatable bonds is 5. The number of nitrogens with zero attached hydrogens (tertiary/aromatic N) is 4. The molecule has 0 bridgehead atoms. The van der Waals surface area contributed by atoms with Gasteiger partial charge in [0.15, 0.2) is 0 Å². The van der Waals surface area contributed by atoms with Crippen LogP contribution in [-0.2, 0) is 17.9 Å². The third-order valence-corrected chi connectivity index (χ3v) is 8.86. The topological polar surface area (TPSA) is 59.1 Å². The van der Waals surface area contributed by atoms with Crippen molar-refractivity contribution >= 4 is 28.9 Å². The van der Waals surface area contributed by atoms with Crippen molar-refractivity contribution in [3.63, 3.8) is 0 Å². The van der Waals surface area contributed by atoms with E-state index in [2.05, 4.69) is 46.4 Å². The van der Waals surface area contributed by atoms with Crippen molar-refractivity contribution in [2.45, 2.75) is 19.1 Å². The fraction of sp³-hybridized carbons (Fsp3) is 0.257. The van der Waals surface area contributed by atoms with E-state index in [1.165, 1.54) is 17.8 Å². The number of carbonyl (C=O) groups excluding carboxylic acids is 2. The van der Waals surface area contributed by atoms with Gasteiger partial charge in [0.25, 0.3) is 11.8 Å². The Morgan fingerprint density at radius 2 is 1.58 bits per heavy atom. The molecule has 1 fully saturated rings. The largest absolute Gasteiger partial charge is 0.381 e. The molecule has 7 nitrogen and oxygen atoms in total. The molecule has 0 radical (unpaired) electrons. The van der Waals surface area contributed by atoms with E-state index >= 15 is 0 Å². The molecule has 3 aliphatic rings. The Balaban J connectivity index is 1.14. The smallest absolute Gasteiger partial charge is 0.255 e. The van der Waals surface area contributed by atoms with Gasteiger partial charge < -0.3 is 24.9 Å². The number of anilines is 3. The Morgan fingerprint density at radius 3 is 2.35 bits per heavy atom. The first kappa shape index (κ1) is 27.2. The molecule has 3 heterocycles. The van der Waals surface area contributed by atoms with E-state index in [-0.39, 0.29) is 24.9 Å². The van der Waals surface area contributed by atoms with Gasteiger partial charge in [-0.1, -0.05) is 54.6 Å². The average Bonchev–Trinajstić information content (AvgIpc) is 3.29.